The number of carbonyl (C=O) groups is 1. The molecule has 9 heteroatoms. The lowest BCUT2D eigenvalue weighted by atomic mass is 9.96. The molecule has 5 rings (SSSR count). The lowest BCUT2D eigenvalue weighted by Crippen LogP contribution is -2.56. The molecule has 1 fully saturated rings. The third-order valence-corrected chi connectivity index (χ3v) is 6.20. The number of carbonyl (C=O) groups excluding carboxylic acids is 1. The van der Waals surface area contributed by atoms with Crippen LogP contribution in [0.3, 0.4) is 0 Å². The molecule has 2 aromatic rings. The number of amidine groups is 1. The van der Waals surface area contributed by atoms with Gasteiger partial charge in [0.1, 0.15) is 12.1 Å². The van der Waals surface area contributed by atoms with E-state index in [-0.39, 0.29) is 30.1 Å². The number of allylic oxidation sites excluding steroid dienone is 2. The van der Waals surface area contributed by atoms with Gasteiger partial charge in [0.05, 0.1) is 29.7 Å². The third kappa shape index (κ3) is 3.83. The van der Waals surface area contributed by atoms with Crippen molar-refractivity contribution in [2.24, 2.45) is 4.99 Å². The number of hydrogen-bond acceptors (Lipinski definition) is 6. The number of aliphatic imine (C=N–C) groups is 1. The first-order chi connectivity index (χ1) is 15.1. The third-order valence-electron chi connectivity index (χ3n) is 5.95. The maximum Gasteiger partial charge on any atom is 0.286 e. The van der Waals surface area contributed by atoms with Gasteiger partial charge in [0.25, 0.3) is 11.9 Å². The van der Waals surface area contributed by atoms with Gasteiger partial charge in [-0.15, -0.1) is 0 Å². The highest BCUT2D eigenvalue weighted by Crippen LogP contribution is 2.26. The van der Waals surface area contributed by atoms with Gasteiger partial charge in [-0.05, 0) is 50.1 Å². The quantitative estimate of drug-likeness (QED) is 0.796. The monoisotopic (exact) mass is 438 g/mol. The molecule has 2 unspecified atom stereocenters. The molecule has 31 heavy (non-hydrogen) atoms. The summed E-state index contributed by atoms with van der Waals surface area (Å²) in [6.07, 6.45) is 10.5. The number of aromatic nitrogens is 3. The second-order valence-corrected chi connectivity index (χ2v) is 8.32. The first-order valence-corrected chi connectivity index (χ1v) is 10.8. The molecule has 3 heterocycles. The summed E-state index contributed by atoms with van der Waals surface area (Å²) >= 11 is 6.08. The molecule has 0 saturated carbocycles. The second kappa shape index (κ2) is 8.19. The van der Waals surface area contributed by atoms with Gasteiger partial charge in [0, 0.05) is 17.6 Å². The zero-order valence-electron chi connectivity index (χ0n) is 17.1. The largest absolute Gasteiger partial charge is 0.455 e. The van der Waals surface area contributed by atoms with Crippen molar-refractivity contribution in [2.45, 2.75) is 44.0 Å². The fraction of sp³-hybridized carbons (Fsp3) is 0.364. The van der Waals surface area contributed by atoms with Gasteiger partial charge in [-0.1, -0.05) is 23.7 Å². The molecule has 8 nitrogen and oxygen atoms in total. The maximum absolute atomic E-state index is 13.5. The van der Waals surface area contributed by atoms with E-state index >= 15 is 0 Å². The summed E-state index contributed by atoms with van der Waals surface area (Å²) in [5, 5.41) is 12.5. The van der Waals surface area contributed by atoms with Gasteiger partial charge < -0.3 is 15.0 Å². The van der Waals surface area contributed by atoms with E-state index in [1.165, 1.54) is 4.80 Å². The Balaban J connectivity index is 1.33. The Kier molecular flexibility index (Phi) is 5.23. The summed E-state index contributed by atoms with van der Waals surface area (Å²) < 4.78 is 5.94. The summed E-state index contributed by atoms with van der Waals surface area (Å²) in [6.45, 7) is 2.75. The number of piperidine rings is 1. The van der Waals surface area contributed by atoms with Gasteiger partial charge in [-0.2, -0.15) is 15.0 Å². The Labute approximate surface area is 185 Å². The highest BCUT2D eigenvalue weighted by Gasteiger charge is 2.36. The summed E-state index contributed by atoms with van der Waals surface area (Å²) in [6, 6.07) is 7.82. The van der Waals surface area contributed by atoms with Gasteiger partial charge in [0.15, 0.2) is 0 Å². The van der Waals surface area contributed by atoms with Crippen LogP contribution in [0.15, 0.2) is 64.9 Å². The minimum atomic E-state index is -0.130. The van der Waals surface area contributed by atoms with Gasteiger partial charge in [0.2, 0.25) is 0 Å². The molecular weight excluding hydrogens is 416 g/mol. The van der Waals surface area contributed by atoms with E-state index in [9.17, 15) is 4.79 Å². The SMILES string of the molecule is C[C@@H]1[C@H](NC2=NC3C=C(Cl)C=CC3O2)CCCN1C(=O)c1ccccc1-n1nccn1. The number of ether oxygens (including phenoxy) is 1. The average molecular weight is 439 g/mol. The van der Waals surface area contributed by atoms with Crippen LogP contribution in [0.1, 0.15) is 30.1 Å². The number of hydrogen-bond donors (Lipinski definition) is 1. The van der Waals surface area contributed by atoms with Crippen LogP contribution in [0, 0.1) is 0 Å². The molecule has 1 amide bonds. The molecule has 160 valence electrons. The van der Waals surface area contributed by atoms with E-state index in [1.807, 2.05) is 47.4 Å². The average Bonchev–Trinajstić information content (AvgIpc) is 3.44. The number of halogens is 1. The number of para-hydroxylation sites is 1. The normalized spacial score (nSPS) is 27.2. The first-order valence-electron chi connectivity index (χ1n) is 10.4. The van der Waals surface area contributed by atoms with E-state index in [0.717, 1.165) is 12.8 Å². The second-order valence-electron chi connectivity index (χ2n) is 7.89. The Morgan fingerprint density at radius 2 is 2.06 bits per heavy atom. The molecule has 1 saturated heterocycles. The van der Waals surface area contributed by atoms with Gasteiger partial charge in [-0.3, -0.25) is 4.79 Å². The number of nitrogens with zero attached hydrogens (tertiary/aromatic N) is 5. The van der Waals surface area contributed by atoms with Gasteiger partial charge in [-0.25, -0.2) is 4.99 Å². The van der Waals surface area contributed by atoms with E-state index in [1.54, 1.807) is 12.4 Å². The fourth-order valence-corrected chi connectivity index (χ4v) is 4.51. The summed E-state index contributed by atoms with van der Waals surface area (Å²) in [5.74, 6) is -0.0347. The van der Waals surface area contributed by atoms with Crippen molar-refractivity contribution in [1.29, 1.82) is 0 Å². The topological polar surface area (TPSA) is 84.6 Å². The molecule has 0 bridgehead atoms. The van der Waals surface area contributed by atoms with Crippen molar-refractivity contribution in [2.75, 3.05) is 6.54 Å². The Hall–Kier alpha value is -3.13. The van der Waals surface area contributed by atoms with Crippen LogP contribution in [0.5, 0.6) is 0 Å². The van der Waals surface area contributed by atoms with E-state index in [4.69, 9.17) is 16.3 Å². The lowest BCUT2D eigenvalue weighted by Gasteiger charge is -2.40. The zero-order valence-corrected chi connectivity index (χ0v) is 17.8. The molecule has 0 spiro atoms. The van der Waals surface area contributed by atoms with Crippen LogP contribution in [0.25, 0.3) is 5.69 Å². The Morgan fingerprint density at radius 3 is 2.90 bits per heavy atom. The van der Waals surface area contributed by atoms with Crippen molar-refractivity contribution in [3.8, 4) is 5.69 Å². The van der Waals surface area contributed by atoms with Crippen molar-refractivity contribution < 1.29 is 9.53 Å². The molecule has 0 radical (unpaired) electrons. The summed E-state index contributed by atoms with van der Waals surface area (Å²) in [4.78, 5) is 21.5. The molecule has 1 aliphatic carbocycles. The Bertz CT molecular complexity index is 1060. The molecule has 1 aromatic heterocycles. The van der Waals surface area contributed by atoms with E-state index in [2.05, 4.69) is 27.4 Å². The van der Waals surface area contributed by atoms with Crippen LogP contribution >= 0.6 is 11.6 Å². The highest BCUT2D eigenvalue weighted by molar-refractivity contribution is 6.31. The lowest BCUT2D eigenvalue weighted by molar-refractivity contribution is 0.0584. The Morgan fingerprint density at radius 1 is 1.26 bits per heavy atom. The van der Waals surface area contributed by atoms with E-state index in [0.29, 0.717) is 28.8 Å². The standard InChI is InChI=1S/C22H23ClN6O2/c1-14-17(26-22-27-18-13-15(23)8-9-20(18)31-22)6-4-12-28(14)21(30)16-5-2-3-7-19(16)29-24-10-11-25-29/h2-3,5,7-11,13-14,17-18,20H,4,6,12H2,1H3,(H,26,27)/t14-,17-,18?,20?/m1/s1. The van der Waals surface area contributed by atoms with E-state index < -0.39 is 0 Å². The minimum Gasteiger partial charge on any atom is -0.455 e. The minimum absolute atomic E-state index is 0.0347. The maximum atomic E-state index is 13.5. The van der Waals surface area contributed by atoms with Gasteiger partial charge >= 0.3 is 0 Å². The molecule has 1 N–H and O–H groups in total. The van der Waals surface area contributed by atoms with Crippen LogP contribution < -0.4 is 5.32 Å². The van der Waals surface area contributed by atoms with Crippen LogP contribution in [0.2, 0.25) is 0 Å². The van der Waals surface area contributed by atoms with Crippen molar-refractivity contribution in [1.82, 2.24) is 25.2 Å². The van der Waals surface area contributed by atoms with Crippen LogP contribution in [-0.2, 0) is 4.74 Å². The molecule has 1 aromatic carbocycles. The number of fused-ring (bicyclic) bond motifs is 1. The van der Waals surface area contributed by atoms with Crippen molar-refractivity contribution in [3.05, 3.63) is 65.5 Å². The predicted molar refractivity (Wildman–Crippen MR) is 117 cm³/mol. The van der Waals surface area contributed by atoms with Crippen LogP contribution in [-0.4, -0.2) is 62.6 Å². The first kappa shape index (κ1) is 19.8. The summed E-state index contributed by atoms with van der Waals surface area (Å²) in [5.41, 5.74) is 1.25. The summed E-state index contributed by atoms with van der Waals surface area (Å²) in [7, 11) is 0. The van der Waals surface area contributed by atoms with Crippen molar-refractivity contribution >= 4 is 23.5 Å². The zero-order chi connectivity index (χ0) is 21.4. The molecule has 2 aliphatic heterocycles. The smallest absolute Gasteiger partial charge is 0.286 e. The molecular formula is C22H23ClN6O2. The number of rotatable bonds is 3. The molecule has 3 aliphatic rings. The number of nitrogens with one attached hydrogen (secondary N) is 1. The number of amides is 1. The fourth-order valence-electron chi connectivity index (χ4n) is 4.31. The number of benzene rings is 1. The van der Waals surface area contributed by atoms with Crippen molar-refractivity contribution in [3.63, 3.8) is 0 Å². The van der Waals surface area contributed by atoms with Crippen LogP contribution in [0.4, 0.5) is 0 Å². The predicted octanol–water partition coefficient (Wildman–Crippen LogP) is 2.67. The highest BCUT2D eigenvalue weighted by atomic mass is 35.5. The molecule has 4 atom stereocenters. The number of likely N-dealkylation sites (tertiary alicyclic amines) is 1.